The van der Waals surface area contributed by atoms with Crippen LogP contribution in [-0.4, -0.2) is 63.2 Å². The van der Waals surface area contributed by atoms with Crippen molar-refractivity contribution in [3.63, 3.8) is 0 Å². The molecule has 0 heterocycles. The molecule has 0 atom stereocenters. The molecule has 0 radical (unpaired) electrons. The number of hydrogen-bond donors (Lipinski definition) is 2. The van der Waals surface area contributed by atoms with Crippen molar-refractivity contribution >= 4 is 11.8 Å². The molecule has 0 unspecified atom stereocenters. The van der Waals surface area contributed by atoms with Gasteiger partial charge in [0.15, 0.2) is 12.3 Å². The maximum atomic E-state index is 11.9. The zero-order valence-corrected chi connectivity index (χ0v) is 22.6. The number of rotatable bonds is 12. The van der Waals surface area contributed by atoms with E-state index in [-0.39, 0.29) is 32.2 Å². The number of carbonyl (C=O) groups is 2. The maximum absolute atomic E-state index is 11.9. The fourth-order valence-corrected chi connectivity index (χ4v) is 2.34. The molecule has 0 amide bonds. The number of ether oxygens (including phenoxy) is 4. The van der Waals surface area contributed by atoms with E-state index in [1.807, 2.05) is 12.1 Å². The number of alkyl halides is 6. The lowest BCUT2D eigenvalue weighted by Crippen LogP contribution is -3.00. The molecule has 0 bridgehead atoms. The van der Waals surface area contributed by atoms with Crippen LogP contribution in [0.5, 0.6) is 11.5 Å². The van der Waals surface area contributed by atoms with Gasteiger partial charge in [-0.05, 0) is 35.4 Å². The second kappa shape index (κ2) is 20.8. The van der Waals surface area contributed by atoms with Crippen LogP contribution in [0.15, 0.2) is 48.5 Å². The third-order valence-corrected chi connectivity index (χ3v) is 4.31. The van der Waals surface area contributed by atoms with Gasteiger partial charge in [-0.25, -0.2) is 4.79 Å². The standard InChI is InChI=1S/C13H15F3O3.C10H12O4.C2H4F3N.ClH/c1-18-12-4-2-10(3-5-12)8-19-9-11(17)6-7-13(14,15)16;1-13-9-4-2-8(3-5-9)6-14-7-10(11)12;3-2(4,5)1-6;/h2-5H,6-9H2,1H3;2-5H,6-7H2,1H3,(H,11,12);1,6H2;1H. The summed E-state index contributed by atoms with van der Waals surface area (Å²) in [5, 5.41) is 8.33. The first-order chi connectivity index (χ1) is 18.2. The van der Waals surface area contributed by atoms with Gasteiger partial charge >= 0.3 is 18.3 Å². The number of carbonyl (C=O) groups excluding carboxylic acids is 1. The molecule has 15 heteroatoms. The SMILES string of the molecule is COc1ccc(COCC(=O)CCC(F)(F)F)cc1.COc1ccc(COCC(=O)O)cc1.[Cl-].[NH3+]CC(F)(F)F. The number of hydrogen-bond acceptors (Lipinski definition) is 6. The Morgan fingerprint density at radius 2 is 1.12 bits per heavy atom. The number of carboxylic acids is 1. The summed E-state index contributed by atoms with van der Waals surface area (Å²) in [5.74, 6) is -0.0404. The highest BCUT2D eigenvalue weighted by Gasteiger charge is 2.28. The van der Waals surface area contributed by atoms with Crippen LogP contribution in [0.3, 0.4) is 0 Å². The summed E-state index contributed by atoms with van der Waals surface area (Å²) in [7, 11) is 3.14. The van der Waals surface area contributed by atoms with Crippen molar-refractivity contribution in [2.45, 2.75) is 38.4 Å². The van der Waals surface area contributed by atoms with E-state index in [1.165, 1.54) is 0 Å². The van der Waals surface area contributed by atoms with Crippen molar-refractivity contribution in [1.29, 1.82) is 0 Å². The fraction of sp³-hybridized carbons (Fsp3) is 0.440. The Hall–Kier alpha value is -3.07. The summed E-state index contributed by atoms with van der Waals surface area (Å²) in [6, 6.07) is 14.3. The number of ketones is 1. The first-order valence-corrected chi connectivity index (χ1v) is 11.3. The molecule has 228 valence electrons. The molecule has 0 fully saturated rings. The normalized spacial score (nSPS) is 10.6. The molecule has 0 aliphatic carbocycles. The van der Waals surface area contributed by atoms with Crippen LogP contribution < -0.4 is 27.6 Å². The van der Waals surface area contributed by atoms with Gasteiger partial charge in [-0.2, -0.15) is 26.3 Å². The Morgan fingerprint density at radius 3 is 1.43 bits per heavy atom. The second-order valence-corrected chi connectivity index (χ2v) is 7.59. The van der Waals surface area contributed by atoms with Crippen molar-refractivity contribution in [2.24, 2.45) is 0 Å². The summed E-state index contributed by atoms with van der Waals surface area (Å²) in [4.78, 5) is 21.3. The van der Waals surface area contributed by atoms with Crippen LogP contribution in [0.4, 0.5) is 26.3 Å². The molecule has 2 aromatic carbocycles. The van der Waals surface area contributed by atoms with Crippen molar-refractivity contribution in [3.8, 4) is 11.5 Å². The van der Waals surface area contributed by atoms with Gasteiger partial charge in [0, 0.05) is 6.42 Å². The van der Waals surface area contributed by atoms with E-state index in [1.54, 1.807) is 50.6 Å². The minimum Gasteiger partial charge on any atom is -1.00 e. The predicted octanol–water partition coefficient (Wildman–Crippen LogP) is 1.21. The third kappa shape index (κ3) is 22.9. The molecule has 0 aliphatic heterocycles. The highest BCUT2D eigenvalue weighted by Crippen LogP contribution is 2.21. The first-order valence-electron chi connectivity index (χ1n) is 11.3. The lowest BCUT2D eigenvalue weighted by atomic mass is 10.2. The van der Waals surface area contributed by atoms with Gasteiger partial charge in [0.05, 0.1) is 33.9 Å². The zero-order valence-electron chi connectivity index (χ0n) is 21.8. The quantitative estimate of drug-likeness (QED) is 0.348. The van der Waals surface area contributed by atoms with Crippen LogP contribution in [0.1, 0.15) is 24.0 Å². The molecule has 2 rings (SSSR count). The Morgan fingerprint density at radius 1 is 0.750 bits per heavy atom. The van der Waals surface area contributed by atoms with Gasteiger partial charge < -0.3 is 42.2 Å². The zero-order chi connectivity index (χ0) is 29.9. The predicted molar refractivity (Wildman–Crippen MR) is 127 cm³/mol. The van der Waals surface area contributed by atoms with E-state index in [9.17, 15) is 35.9 Å². The van der Waals surface area contributed by atoms with E-state index in [4.69, 9.17) is 24.1 Å². The molecule has 40 heavy (non-hydrogen) atoms. The summed E-state index contributed by atoms with van der Waals surface area (Å²) >= 11 is 0. The van der Waals surface area contributed by atoms with Crippen LogP contribution >= 0.6 is 0 Å². The molecule has 0 saturated carbocycles. The van der Waals surface area contributed by atoms with Gasteiger partial charge in [-0.3, -0.25) is 4.79 Å². The summed E-state index contributed by atoms with van der Waals surface area (Å²) < 4.78 is 87.7. The number of halogens is 7. The Labute approximate surface area is 233 Å². The van der Waals surface area contributed by atoms with Crippen LogP contribution in [0.25, 0.3) is 0 Å². The summed E-state index contributed by atoms with van der Waals surface area (Å²) in [6.45, 7) is -1.07. The van der Waals surface area contributed by atoms with E-state index in [2.05, 4.69) is 5.73 Å². The molecule has 0 aromatic heterocycles. The smallest absolute Gasteiger partial charge is 0.438 e. The molecule has 0 aliphatic rings. The largest absolute Gasteiger partial charge is 1.00 e. The lowest BCUT2D eigenvalue weighted by molar-refractivity contribution is -0.426. The fourth-order valence-electron chi connectivity index (χ4n) is 2.34. The molecule has 4 N–H and O–H groups in total. The second-order valence-electron chi connectivity index (χ2n) is 7.59. The minimum atomic E-state index is -4.30. The van der Waals surface area contributed by atoms with Crippen molar-refractivity contribution in [1.82, 2.24) is 0 Å². The van der Waals surface area contributed by atoms with Crippen molar-refractivity contribution in [3.05, 3.63) is 59.7 Å². The van der Waals surface area contributed by atoms with Gasteiger partial charge in [-0.1, -0.05) is 24.3 Å². The van der Waals surface area contributed by atoms with Gasteiger partial charge in [-0.15, -0.1) is 0 Å². The molecule has 2 aromatic rings. The van der Waals surface area contributed by atoms with Gasteiger partial charge in [0.1, 0.15) is 24.7 Å². The third-order valence-electron chi connectivity index (χ3n) is 4.31. The Kier molecular flexibility index (Phi) is 20.3. The molecule has 0 saturated heterocycles. The average molecular weight is 608 g/mol. The average Bonchev–Trinajstić information content (AvgIpc) is 2.88. The van der Waals surface area contributed by atoms with E-state index in [0.29, 0.717) is 12.4 Å². The number of Topliss-reactive ketones (excluding diaryl/α,β-unsaturated/α-hetero) is 1. The topological polar surface area (TPSA) is 119 Å². The summed E-state index contributed by atoms with van der Waals surface area (Å²) in [6.07, 6.45) is -10.0. The number of methoxy groups -OCH3 is 2. The molecular weight excluding hydrogens is 576 g/mol. The van der Waals surface area contributed by atoms with E-state index in [0.717, 1.165) is 16.9 Å². The number of quaternary nitrogens is 1. The maximum Gasteiger partial charge on any atom is 0.438 e. The van der Waals surface area contributed by atoms with Gasteiger partial charge in [0.25, 0.3) is 0 Å². The van der Waals surface area contributed by atoms with Crippen LogP contribution in [0.2, 0.25) is 0 Å². The van der Waals surface area contributed by atoms with Crippen molar-refractivity contribution < 1.29 is 78.1 Å². The first kappa shape index (κ1) is 39.1. The highest BCUT2D eigenvalue weighted by molar-refractivity contribution is 5.79. The minimum absolute atomic E-state index is 0. The highest BCUT2D eigenvalue weighted by atomic mass is 35.5. The molecule has 0 spiro atoms. The number of carboxylic acid groups (broad SMARTS) is 1. The number of aliphatic carboxylic acids is 1. The Bertz CT molecular complexity index is 956. The van der Waals surface area contributed by atoms with Gasteiger partial charge in [0.2, 0.25) is 0 Å². The van der Waals surface area contributed by atoms with Crippen LogP contribution in [0, 0.1) is 0 Å². The summed E-state index contributed by atoms with van der Waals surface area (Å²) in [5.41, 5.74) is 4.38. The lowest BCUT2D eigenvalue weighted by Gasteiger charge is -2.07. The monoisotopic (exact) mass is 607 g/mol. The van der Waals surface area contributed by atoms with Crippen molar-refractivity contribution in [2.75, 3.05) is 34.0 Å². The molecule has 8 nitrogen and oxygen atoms in total. The number of benzene rings is 2. The van der Waals surface area contributed by atoms with E-state index < -0.39 is 43.5 Å². The Balaban J connectivity index is 0. The van der Waals surface area contributed by atoms with E-state index >= 15 is 0 Å². The molecular formula is C25H32ClF6NO7. The van der Waals surface area contributed by atoms with Crippen LogP contribution in [-0.2, 0) is 32.3 Å².